The van der Waals surface area contributed by atoms with E-state index in [1.54, 1.807) is 19.1 Å². The van der Waals surface area contributed by atoms with E-state index in [-0.39, 0.29) is 18.5 Å². The highest BCUT2D eigenvalue weighted by Crippen LogP contribution is 1.99. The predicted molar refractivity (Wildman–Crippen MR) is 57.2 cm³/mol. The summed E-state index contributed by atoms with van der Waals surface area (Å²) in [7, 11) is 3.33. The molecule has 0 aliphatic rings. The third-order valence-electron chi connectivity index (χ3n) is 2.20. The number of methoxy groups -OCH3 is 1. The average molecular weight is 213 g/mol. The molecular formula is C10H19N3O2. The summed E-state index contributed by atoms with van der Waals surface area (Å²) >= 11 is 0. The molecule has 0 aliphatic carbocycles. The maximum absolute atomic E-state index is 11.5. The standard InChI is InChI=1S/C10H19N3O2/c1-9(4-5-11)13(2)10(14)8-12-6-7-15-3/h9,12H,4,6-8H2,1-3H3. The van der Waals surface area contributed by atoms with E-state index in [2.05, 4.69) is 5.32 Å². The second kappa shape index (κ2) is 8.21. The van der Waals surface area contributed by atoms with Crippen LogP contribution in [0, 0.1) is 11.3 Å². The zero-order chi connectivity index (χ0) is 11.7. The molecule has 1 N–H and O–H groups in total. The fourth-order valence-electron chi connectivity index (χ4n) is 1.01. The number of likely N-dealkylation sites (N-methyl/N-ethyl adjacent to an activating group) is 1. The van der Waals surface area contributed by atoms with Crippen molar-refractivity contribution in [1.82, 2.24) is 10.2 Å². The van der Waals surface area contributed by atoms with Gasteiger partial charge >= 0.3 is 0 Å². The molecule has 1 unspecified atom stereocenters. The number of carbonyl (C=O) groups excluding carboxylic acids is 1. The molecule has 15 heavy (non-hydrogen) atoms. The largest absolute Gasteiger partial charge is 0.383 e. The normalized spacial score (nSPS) is 11.9. The summed E-state index contributed by atoms with van der Waals surface area (Å²) in [5.74, 6) is -0.00569. The van der Waals surface area contributed by atoms with E-state index in [4.69, 9.17) is 10.00 Å². The third-order valence-corrected chi connectivity index (χ3v) is 2.20. The van der Waals surface area contributed by atoms with Crippen LogP contribution in [0.5, 0.6) is 0 Å². The molecule has 5 heteroatoms. The Morgan fingerprint density at radius 1 is 1.67 bits per heavy atom. The summed E-state index contributed by atoms with van der Waals surface area (Å²) in [5, 5.41) is 11.5. The molecule has 0 aromatic carbocycles. The van der Waals surface area contributed by atoms with Crippen molar-refractivity contribution in [3.63, 3.8) is 0 Å². The van der Waals surface area contributed by atoms with Crippen LogP contribution in [0.1, 0.15) is 13.3 Å². The summed E-state index contributed by atoms with van der Waals surface area (Å²) in [4.78, 5) is 13.1. The lowest BCUT2D eigenvalue weighted by Gasteiger charge is -2.23. The van der Waals surface area contributed by atoms with Crippen LogP contribution in [0.2, 0.25) is 0 Å². The van der Waals surface area contributed by atoms with Crippen molar-refractivity contribution in [2.24, 2.45) is 0 Å². The Balaban J connectivity index is 3.74. The lowest BCUT2D eigenvalue weighted by atomic mass is 10.2. The van der Waals surface area contributed by atoms with Gasteiger partial charge in [-0.05, 0) is 6.92 Å². The third kappa shape index (κ3) is 6.05. The molecule has 86 valence electrons. The quantitative estimate of drug-likeness (QED) is 0.604. The molecule has 0 aromatic rings. The van der Waals surface area contributed by atoms with Gasteiger partial charge in [-0.3, -0.25) is 4.79 Å². The van der Waals surface area contributed by atoms with Gasteiger partial charge in [0.1, 0.15) is 0 Å². The van der Waals surface area contributed by atoms with Gasteiger partial charge in [-0.1, -0.05) is 0 Å². The Bertz CT molecular complexity index is 225. The number of carbonyl (C=O) groups is 1. The summed E-state index contributed by atoms with van der Waals surface area (Å²) in [6, 6.07) is 2.01. The molecule has 5 nitrogen and oxygen atoms in total. The molecular weight excluding hydrogens is 194 g/mol. The maximum atomic E-state index is 11.5. The smallest absolute Gasteiger partial charge is 0.236 e. The van der Waals surface area contributed by atoms with Crippen molar-refractivity contribution in [2.45, 2.75) is 19.4 Å². The molecule has 0 heterocycles. The van der Waals surface area contributed by atoms with Gasteiger partial charge in [-0.25, -0.2) is 0 Å². The van der Waals surface area contributed by atoms with Gasteiger partial charge in [0.15, 0.2) is 0 Å². The van der Waals surface area contributed by atoms with Crippen molar-refractivity contribution < 1.29 is 9.53 Å². The number of nitrogens with zero attached hydrogens (tertiary/aromatic N) is 2. The summed E-state index contributed by atoms with van der Waals surface area (Å²) in [5.41, 5.74) is 0. The molecule has 0 bridgehead atoms. The van der Waals surface area contributed by atoms with Crippen molar-refractivity contribution in [2.75, 3.05) is 33.9 Å². The van der Waals surface area contributed by atoms with Crippen molar-refractivity contribution in [3.05, 3.63) is 0 Å². The first kappa shape index (κ1) is 13.9. The lowest BCUT2D eigenvalue weighted by Crippen LogP contribution is -2.41. The molecule has 0 saturated carbocycles. The Morgan fingerprint density at radius 2 is 2.33 bits per heavy atom. The van der Waals surface area contributed by atoms with E-state index in [9.17, 15) is 4.79 Å². The lowest BCUT2D eigenvalue weighted by molar-refractivity contribution is -0.130. The van der Waals surface area contributed by atoms with Crippen LogP contribution in [-0.2, 0) is 9.53 Å². The molecule has 0 radical (unpaired) electrons. The van der Waals surface area contributed by atoms with E-state index in [1.165, 1.54) is 0 Å². The average Bonchev–Trinajstić information content (AvgIpc) is 2.23. The van der Waals surface area contributed by atoms with Crippen LogP contribution in [0.25, 0.3) is 0 Å². The van der Waals surface area contributed by atoms with E-state index in [1.807, 2.05) is 13.0 Å². The second-order valence-corrected chi connectivity index (χ2v) is 3.39. The predicted octanol–water partition coefficient (Wildman–Crippen LogP) is -0.0170. The molecule has 0 rings (SSSR count). The van der Waals surface area contributed by atoms with Crippen molar-refractivity contribution in [3.8, 4) is 6.07 Å². The highest BCUT2D eigenvalue weighted by Gasteiger charge is 2.14. The summed E-state index contributed by atoms with van der Waals surface area (Å²) in [6.07, 6.45) is 0.361. The Labute approximate surface area is 91.0 Å². The maximum Gasteiger partial charge on any atom is 0.236 e. The monoisotopic (exact) mass is 213 g/mol. The highest BCUT2D eigenvalue weighted by molar-refractivity contribution is 5.78. The number of ether oxygens (including phenoxy) is 1. The van der Waals surface area contributed by atoms with Crippen LogP contribution in [0.3, 0.4) is 0 Å². The molecule has 0 fully saturated rings. The van der Waals surface area contributed by atoms with Gasteiger partial charge in [0, 0.05) is 26.7 Å². The van der Waals surface area contributed by atoms with E-state index in [0.717, 1.165) is 0 Å². The summed E-state index contributed by atoms with van der Waals surface area (Å²) < 4.78 is 4.84. The Kier molecular flexibility index (Phi) is 7.60. The van der Waals surface area contributed by atoms with Crippen LogP contribution >= 0.6 is 0 Å². The number of nitrogens with one attached hydrogen (secondary N) is 1. The van der Waals surface area contributed by atoms with Crippen LogP contribution in [-0.4, -0.2) is 50.7 Å². The number of hydrogen-bond donors (Lipinski definition) is 1. The first-order valence-corrected chi connectivity index (χ1v) is 4.95. The summed E-state index contributed by atoms with van der Waals surface area (Å²) in [6.45, 7) is 3.39. The van der Waals surface area contributed by atoms with Crippen LogP contribution in [0.15, 0.2) is 0 Å². The van der Waals surface area contributed by atoms with Crippen LogP contribution < -0.4 is 5.32 Å². The van der Waals surface area contributed by atoms with Crippen molar-refractivity contribution >= 4 is 5.91 Å². The second-order valence-electron chi connectivity index (χ2n) is 3.39. The first-order valence-electron chi connectivity index (χ1n) is 4.95. The Morgan fingerprint density at radius 3 is 2.87 bits per heavy atom. The minimum atomic E-state index is -0.0354. The fraction of sp³-hybridized carbons (Fsp3) is 0.800. The number of nitriles is 1. The highest BCUT2D eigenvalue weighted by atomic mass is 16.5. The van der Waals surface area contributed by atoms with Gasteiger partial charge in [-0.2, -0.15) is 5.26 Å². The minimum absolute atomic E-state index is 0.00569. The molecule has 1 amide bonds. The van der Waals surface area contributed by atoms with E-state index in [0.29, 0.717) is 19.6 Å². The van der Waals surface area contributed by atoms with E-state index < -0.39 is 0 Å². The SMILES string of the molecule is COCCNCC(=O)N(C)C(C)CC#N. The molecule has 0 aromatic heterocycles. The first-order chi connectivity index (χ1) is 7.13. The zero-order valence-corrected chi connectivity index (χ0v) is 9.62. The minimum Gasteiger partial charge on any atom is -0.383 e. The van der Waals surface area contributed by atoms with Gasteiger partial charge in [-0.15, -0.1) is 0 Å². The van der Waals surface area contributed by atoms with Crippen LogP contribution in [0.4, 0.5) is 0 Å². The number of hydrogen-bond acceptors (Lipinski definition) is 4. The number of rotatable bonds is 7. The Hall–Kier alpha value is -1.12. The number of amides is 1. The molecule has 0 spiro atoms. The van der Waals surface area contributed by atoms with Gasteiger partial charge in [0.2, 0.25) is 5.91 Å². The van der Waals surface area contributed by atoms with Crippen molar-refractivity contribution in [1.29, 1.82) is 5.26 Å². The molecule has 1 atom stereocenters. The van der Waals surface area contributed by atoms with E-state index >= 15 is 0 Å². The van der Waals surface area contributed by atoms with Gasteiger partial charge in [0.05, 0.1) is 25.6 Å². The van der Waals surface area contributed by atoms with Gasteiger partial charge in [0.25, 0.3) is 0 Å². The fourth-order valence-corrected chi connectivity index (χ4v) is 1.01. The topological polar surface area (TPSA) is 65.4 Å². The molecule has 0 aliphatic heterocycles. The van der Waals surface area contributed by atoms with Gasteiger partial charge < -0.3 is 15.0 Å². The molecule has 0 saturated heterocycles. The zero-order valence-electron chi connectivity index (χ0n) is 9.62.